The Balaban J connectivity index is 2.02. The Morgan fingerprint density at radius 1 is 1.22 bits per heavy atom. The van der Waals surface area contributed by atoms with Gasteiger partial charge in [-0.15, -0.1) is 0 Å². The smallest absolute Gasteiger partial charge is 0.225 e. The van der Waals surface area contributed by atoms with Gasteiger partial charge in [0.15, 0.2) is 0 Å². The van der Waals surface area contributed by atoms with E-state index < -0.39 is 0 Å². The molecule has 2 aromatic carbocycles. The van der Waals surface area contributed by atoms with Gasteiger partial charge in [-0.05, 0) is 35.7 Å². The van der Waals surface area contributed by atoms with Crippen LogP contribution in [0, 0.1) is 5.92 Å². The van der Waals surface area contributed by atoms with Crippen LogP contribution >= 0.6 is 0 Å². The highest BCUT2D eigenvalue weighted by molar-refractivity contribution is 5.95. The lowest BCUT2D eigenvalue weighted by molar-refractivity contribution is -0.116. The molecule has 3 rings (SSSR count). The van der Waals surface area contributed by atoms with Crippen molar-refractivity contribution >= 4 is 11.6 Å². The summed E-state index contributed by atoms with van der Waals surface area (Å²) >= 11 is 0. The number of phenols is 1. The minimum absolute atomic E-state index is 0.0214. The fourth-order valence-corrected chi connectivity index (χ4v) is 2.88. The Hall–Kier alpha value is -2.49. The average molecular weight is 311 g/mol. The number of carbonyl (C=O) groups excluding carboxylic acids is 1. The van der Waals surface area contributed by atoms with Gasteiger partial charge in [-0.3, -0.25) is 4.79 Å². The molecule has 1 unspecified atom stereocenters. The molecule has 1 aliphatic rings. The van der Waals surface area contributed by atoms with E-state index in [1.807, 2.05) is 24.3 Å². The quantitative estimate of drug-likeness (QED) is 0.842. The van der Waals surface area contributed by atoms with Crippen molar-refractivity contribution in [3.63, 3.8) is 0 Å². The molecule has 1 heterocycles. The molecule has 0 saturated heterocycles. The van der Waals surface area contributed by atoms with Crippen molar-refractivity contribution in [1.29, 1.82) is 0 Å². The summed E-state index contributed by atoms with van der Waals surface area (Å²) < 4.78 is 5.94. The topological polar surface area (TPSA) is 58.6 Å². The summed E-state index contributed by atoms with van der Waals surface area (Å²) in [5, 5.41) is 12.7. The number of anilines is 1. The summed E-state index contributed by atoms with van der Waals surface area (Å²) in [5.41, 5.74) is 2.66. The number of phenolic OH excluding ortho intramolecular Hbond substituents is 1. The molecule has 0 radical (unpaired) electrons. The lowest BCUT2D eigenvalue weighted by Gasteiger charge is -2.27. The van der Waals surface area contributed by atoms with Crippen LogP contribution in [0.4, 0.5) is 5.69 Å². The largest absolute Gasteiger partial charge is 0.508 e. The standard InChI is InChI=1S/C19H21NO3/c1-12(2)11-23-18-6-4-3-5-14(18)15-10-19(22)20-17-8-7-13(21)9-16(15)17/h3-9,12,15,21H,10-11H2,1-2H3,(H,20,22). The molecule has 0 bridgehead atoms. The monoisotopic (exact) mass is 311 g/mol. The molecule has 2 aromatic rings. The van der Waals surface area contributed by atoms with Crippen LogP contribution in [0.3, 0.4) is 0 Å². The summed E-state index contributed by atoms with van der Waals surface area (Å²) in [4.78, 5) is 12.1. The minimum Gasteiger partial charge on any atom is -0.508 e. The lowest BCUT2D eigenvalue weighted by atomic mass is 9.84. The normalized spacial score (nSPS) is 16.8. The summed E-state index contributed by atoms with van der Waals surface area (Å²) in [7, 11) is 0. The van der Waals surface area contributed by atoms with Crippen LogP contribution in [0.5, 0.6) is 11.5 Å². The second-order valence-electron chi connectivity index (χ2n) is 6.32. The number of fused-ring (bicyclic) bond motifs is 1. The maximum Gasteiger partial charge on any atom is 0.225 e. The first-order valence-corrected chi connectivity index (χ1v) is 7.89. The zero-order valence-corrected chi connectivity index (χ0v) is 13.4. The molecule has 23 heavy (non-hydrogen) atoms. The van der Waals surface area contributed by atoms with Gasteiger partial charge in [-0.2, -0.15) is 0 Å². The van der Waals surface area contributed by atoms with E-state index in [9.17, 15) is 9.90 Å². The van der Waals surface area contributed by atoms with Crippen LogP contribution in [-0.4, -0.2) is 17.6 Å². The van der Waals surface area contributed by atoms with Gasteiger partial charge in [-0.25, -0.2) is 0 Å². The number of benzene rings is 2. The van der Waals surface area contributed by atoms with Crippen LogP contribution in [0.15, 0.2) is 42.5 Å². The van der Waals surface area contributed by atoms with E-state index in [1.54, 1.807) is 18.2 Å². The zero-order chi connectivity index (χ0) is 16.4. The fraction of sp³-hybridized carbons (Fsp3) is 0.316. The van der Waals surface area contributed by atoms with Crippen molar-refractivity contribution in [1.82, 2.24) is 0 Å². The first-order valence-electron chi connectivity index (χ1n) is 7.89. The molecule has 4 nitrogen and oxygen atoms in total. The predicted octanol–water partition coefficient (Wildman–Crippen LogP) is 3.90. The van der Waals surface area contributed by atoms with E-state index in [4.69, 9.17) is 4.74 Å². The third-order valence-electron chi connectivity index (χ3n) is 3.94. The lowest BCUT2D eigenvalue weighted by Crippen LogP contribution is -2.23. The van der Waals surface area contributed by atoms with Gasteiger partial charge in [0, 0.05) is 23.6 Å². The Morgan fingerprint density at radius 2 is 2.00 bits per heavy atom. The maximum absolute atomic E-state index is 12.1. The zero-order valence-electron chi connectivity index (χ0n) is 13.4. The Bertz CT molecular complexity index is 724. The highest BCUT2D eigenvalue weighted by Gasteiger charge is 2.28. The van der Waals surface area contributed by atoms with Crippen LogP contribution in [-0.2, 0) is 4.79 Å². The van der Waals surface area contributed by atoms with Crippen LogP contribution in [0.2, 0.25) is 0 Å². The van der Waals surface area contributed by atoms with E-state index in [0.29, 0.717) is 18.9 Å². The Morgan fingerprint density at radius 3 is 2.78 bits per heavy atom. The molecular weight excluding hydrogens is 290 g/mol. The number of amides is 1. The Labute approximate surface area is 136 Å². The van der Waals surface area contributed by atoms with Crippen molar-refractivity contribution in [3.8, 4) is 11.5 Å². The van der Waals surface area contributed by atoms with E-state index >= 15 is 0 Å². The van der Waals surface area contributed by atoms with Crippen LogP contribution in [0.25, 0.3) is 0 Å². The number of para-hydroxylation sites is 1. The molecule has 0 spiro atoms. The van der Waals surface area contributed by atoms with Gasteiger partial charge in [0.1, 0.15) is 11.5 Å². The molecule has 4 heteroatoms. The second-order valence-corrected chi connectivity index (χ2v) is 6.32. The maximum atomic E-state index is 12.1. The first-order chi connectivity index (χ1) is 11.0. The molecule has 1 atom stereocenters. The third-order valence-corrected chi connectivity index (χ3v) is 3.94. The fourth-order valence-electron chi connectivity index (χ4n) is 2.88. The van der Waals surface area contributed by atoms with Crippen molar-refractivity contribution in [2.45, 2.75) is 26.2 Å². The van der Waals surface area contributed by atoms with Crippen molar-refractivity contribution in [2.75, 3.05) is 11.9 Å². The minimum atomic E-state index is -0.116. The van der Waals surface area contributed by atoms with Crippen LogP contribution < -0.4 is 10.1 Å². The molecule has 120 valence electrons. The third kappa shape index (κ3) is 3.31. The highest BCUT2D eigenvalue weighted by Crippen LogP contribution is 2.41. The molecular formula is C19H21NO3. The number of aromatic hydroxyl groups is 1. The summed E-state index contributed by atoms with van der Waals surface area (Å²) in [6.45, 7) is 4.83. The van der Waals surface area contributed by atoms with Crippen molar-refractivity contribution in [3.05, 3.63) is 53.6 Å². The Kier molecular flexibility index (Phi) is 4.24. The molecule has 1 aliphatic heterocycles. The molecule has 0 aliphatic carbocycles. The number of hydrogen-bond donors (Lipinski definition) is 2. The number of ether oxygens (including phenoxy) is 1. The second kappa shape index (κ2) is 6.32. The molecule has 2 N–H and O–H groups in total. The van der Waals surface area contributed by atoms with Crippen molar-refractivity contribution < 1.29 is 14.6 Å². The van der Waals surface area contributed by atoms with Gasteiger partial charge >= 0.3 is 0 Å². The van der Waals surface area contributed by atoms with E-state index in [1.165, 1.54) is 0 Å². The number of hydrogen-bond acceptors (Lipinski definition) is 3. The summed E-state index contributed by atoms with van der Waals surface area (Å²) in [6, 6.07) is 12.9. The van der Waals surface area contributed by atoms with Gasteiger partial charge in [0.2, 0.25) is 5.91 Å². The summed E-state index contributed by atoms with van der Waals surface area (Å²) in [5.74, 6) is 1.29. The molecule has 0 aromatic heterocycles. The molecule has 0 fully saturated rings. The predicted molar refractivity (Wildman–Crippen MR) is 90.0 cm³/mol. The van der Waals surface area contributed by atoms with Crippen LogP contribution in [0.1, 0.15) is 37.3 Å². The highest BCUT2D eigenvalue weighted by atomic mass is 16.5. The number of carbonyl (C=O) groups is 1. The van der Waals surface area contributed by atoms with E-state index in [0.717, 1.165) is 22.6 Å². The summed E-state index contributed by atoms with van der Waals surface area (Å²) in [6.07, 6.45) is 0.346. The first kappa shape index (κ1) is 15.4. The number of rotatable bonds is 4. The van der Waals surface area contributed by atoms with Gasteiger partial charge in [0.25, 0.3) is 0 Å². The van der Waals surface area contributed by atoms with E-state index in [-0.39, 0.29) is 17.6 Å². The SMILES string of the molecule is CC(C)COc1ccccc1C1CC(=O)Nc2ccc(O)cc21. The van der Waals surface area contributed by atoms with Gasteiger partial charge in [0.05, 0.1) is 6.61 Å². The number of nitrogens with one attached hydrogen (secondary N) is 1. The van der Waals surface area contributed by atoms with E-state index in [2.05, 4.69) is 19.2 Å². The average Bonchev–Trinajstić information content (AvgIpc) is 2.53. The molecule has 1 amide bonds. The van der Waals surface area contributed by atoms with Crippen molar-refractivity contribution in [2.24, 2.45) is 5.92 Å². The van der Waals surface area contributed by atoms with Gasteiger partial charge in [-0.1, -0.05) is 32.0 Å². The molecule has 0 saturated carbocycles. The van der Waals surface area contributed by atoms with Gasteiger partial charge < -0.3 is 15.2 Å².